The lowest BCUT2D eigenvalue weighted by atomic mass is 9.77. The van der Waals surface area contributed by atoms with E-state index in [0.29, 0.717) is 5.92 Å². The molecule has 0 amide bonds. The summed E-state index contributed by atoms with van der Waals surface area (Å²) < 4.78 is 5.73. The van der Waals surface area contributed by atoms with Gasteiger partial charge >= 0.3 is 0 Å². The van der Waals surface area contributed by atoms with E-state index < -0.39 is 0 Å². The molecule has 0 spiro atoms. The average Bonchev–Trinajstić information content (AvgIpc) is 2.39. The number of rotatable bonds is 5. The van der Waals surface area contributed by atoms with E-state index in [-0.39, 0.29) is 12.1 Å². The first-order valence-electron chi connectivity index (χ1n) is 7.68. The van der Waals surface area contributed by atoms with Crippen molar-refractivity contribution in [1.82, 2.24) is 10.4 Å². The van der Waals surface area contributed by atoms with Gasteiger partial charge in [0.15, 0.2) is 0 Å². The summed E-state index contributed by atoms with van der Waals surface area (Å²) in [5.74, 6) is 8.00. The second-order valence-corrected chi connectivity index (χ2v) is 6.30. The summed E-state index contributed by atoms with van der Waals surface area (Å²) >= 11 is 0. The lowest BCUT2D eigenvalue weighted by Gasteiger charge is -2.33. The molecule has 4 heteroatoms. The van der Waals surface area contributed by atoms with Gasteiger partial charge in [-0.1, -0.05) is 19.8 Å². The van der Waals surface area contributed by atoms with Gasteiger partial charge in [0.2, 0.25) is 0 Å². The zero-order valence-corrected chi connectivity index (χ0v) is 12.8. The van der Waals surface area contributed by atoms with Crippen molar-refractivity contribution in [3.63, 3.8) is 0 Å². The Labute approximate surface area is 122 Å². The number of ether oxygens (including phenoxy) is 1. The van der Waals surface area contributed by atoms with Crippen molar-refractivity contribution in [2.24, 2.45) is 17.7 Å². The van der Waals surface area contributed by atoms with Crippen LogP contribution < -0.4 is 16.0 Å². The molecule has 0 aromatic carbocycles. The van der Waals surface area contributed by atoms with Gasteiger partial charge in [0, 0.05) is 6.20 Å². The van der Waals surface area contributed by atoms with Gasteiger partial charge in [-0.15, -0.1) is 0 Å². The first-order valence-corrected chi connectivity index (χ1v) is 7.68. The second kappa shape index (κ2) is 7.04. The second-order valence-electron chi connectivity index (χ2n) is 6.30. The summed E-state index contributed by atoms with van der Waals surface area (Å²) in [6.45, 7) is 6.37. The molecule has 0 radical (unpaired) electrons. The summed E-state index contributed by atoms with van der Waals surface area (Å²) in [5.41, 5.74) is 4.12. The Morgan fingerprint density at radius 3 is 2.80 bits per heavy atom. The SMILES string of the molecule is CC1CCCC(C(NN)c2cncc(OC(C)C)c2)C1. The Morgan fingerprint density at radius 2 is 2.15 bits per heavy atom. The van der Waals surface area contributed by atoms with E-state index in [1.54, 1.807) is 6.20 Å². The van der Waals surface area contributed by atoms with Gasteiger partial charge in [-0.05, 0) is 50.2 Å². The summed E-state index contributed by atoms with van der Waals surface area (Å²) in [6.07, 6.45) is 8.91. The van der Waals surface area contributed by atoms with E-state index in [4.69, 9.17) is 10.6 Å². The van der Waals surface area contributed by atoms with Crippen LogP contribution in [0.1, 0.15) is 58.1 Å². The first-order chi connectivity index (χ1) is 9.60. The molecular formula is C16H27N3O. The lowest BCUT2D eigenvalue weighted by molar-refractivity contribution is 0.221. The molecule has 2 rings (SSSR count). The Kier molecular flexibility index (Phi) is 5.38. The molecule has 0 aliphatic heterocycles. The number of nitrogens with two attached hydrogens (primary N) is 1. The fraction of sp³-hybridized carbons (Fsp3) is 0.688. The van der Waals surface area contributed by atoms with Crippen LogP contribution in [0.2, 0.25) is 0 Å². The van der Waals surface area contributed by atoms with Crippen molar-refractivity contribution >= 4 is 0 Å². The van der Waals surface area contributed by atoms with E-state index in [0.717, 1.165) is 17.2 Å². The Morgan fingerprint density at radius 1 is 1.35 bits per heavy atom. The maximum absolute atomic E-state index is 5.81. The molecule has 3 unspecified atom stereocenters. The molecule has 0 saturated heterocycles. The molecule has 0 bridgehead atoms. The Balaban J connectivity index is 2.14. The molecule has 1 fully saturated rings. The molecule has 1 aliphatic carbocycles. The summed E-state index contributed by atoms with van der Waals surface area (Å²) in [5, 5.41) is 0. The normalized spacial score (nSPS) is 24.6. The van der Waals surface area contributed by atoms with E-state index >= 15 is 0 Å². The van der Waals surface area contributed by atoms with Crippen LogP contribution in [0.5, 0.6) is 5.75 Å². The zero-order chi connectivity index (χ0) is 14.5. The predicted molar refractivity (Wildman–Crippen MR) is 81.2 cm³/mol. The Bertz CT molecular complexity index is 422. The maximum atomic E-state index is 5.81. The topological polar surface area (TPSA) is 60.2 Å². The third-order valence-corrected chi connectivity index (χ3v) is 4.09. The molecule has 1 aromatic rings. The number of pyridine rings is 1. The summed E-state index contributed by atoms with van der Waals surface area (Å²) in [7, 11) is 0. The highest BCUT2D eigenvalue weighted by molar-refractivity contribution is 5.26. The fourth-order valence-electron chi connectivity index (χ4n) is 3.23. The van der Waals surface area contributed by atoms with E-state index in [9.17, 15) is 0 Å². The number of hydrogen-bond acceptors (Lipinski definition) is 4. The molecule has 3 atom stereocenters. The van der Waals surface area contributed by atoms with Gasteiger partial charge in [-0.25, -0.2) is 0 Å². The largest absolute Gasteiger partial charge is 0.489 e. The van der Waals surface area contributed by atoms with E-state index in [1.165, 1.54) is 25.7 Å². The smallest absolute Gasteiger partial charge is 0.138 e. The van der Waals surface area contributed by atoms with Crippen LogP contribution in [-0.2, 0) is 0 Å². The molecule has 4 nitrogen and oxygen atoms in total. The molecule has 112 valence electrons. The van der Waals surface area contributed by atoms with Gasteiger partial charge in [-0.3, -0.25) is 16.3 Å². The molecule has 1 heterocycles. The highest BCUT2D eigenvalue weighted by Gasteiger charge is 2.27. The highest BCUT2D eigenvalue weighted by Crippen LogP contribution is 2.37. The quantitative estimate of drug-likeness (QED) is 0.641. The molecule has 1 saturated carbocycles. The fourth-order valence-corrected chi connectivity index (χ4v) is 3.23. The number of aromatic nitrogens is 1. The molecule has 1 aliphatic rings. The van der Waals surface area contributed by atoms with Crippen molar-refractivity contribution in [1.29, 1.82) is 0 Å². The number of hydrazine groups is 1. The molecule has 3 N–H and O–H groups in total. The van der Waals surface area contributed by atoms with Crippen LogP contribution in [0.4, 0.5) is 0 Å². The van der Waals surface area contributed by atoms with Crippen LogP contribution in [0, 0.1) is 11.8 Å². The standard InChI is InChI=1S/C16H27N3O/c1-11(2)20-15-8-14(9-18-10-15)16(19-17)13-6-4-5-12(3)7-13/h8-13,16,19H,4-7,17H2,1-3H3. The van der Waals surface area contributed by atoms with Crippen LogP contribution in [-0.4, -0.2) is 11.1 Å². The van der Waals surface area contributed by atoms with Gasteiger partial charge in [0.25, 0.3) is 0 Å². The summed E-state index contributed by atoms with van der Waals surface area (Å²) in [6, 6.07) is 2.23. The number of nitrogens with one attached hydrogen (secondary N) is 1. The van der Waals surface area contributed by atoms with Crippen molar-refractivity contribution in [2.45, 2.75) is 58.6 Å². The van der Waals surface area contributed by atoms with Gasteiger partial charge in [-0.2, -0.15) is 0 Å². The van der Waals surface area contributed by atoms with E-state index in [1.807, 2.05) is 20.0 Å². The lowest BCUT2D eigenvalue weighted by Crippen LogP contribution is -2.35. The van der Waals surface area contributed by atoms with Crippen LogP contribution >= 0.6 is 0 Å². The van der Waals surface area contributed by atoms with Crippen molar-refractivity contribution < 1.29 is 4.74 Å². The zero-order valence-electron chi connectivity index (χ0n) is 12.8. The van der Waals surface area contributed by atoms with E-state index in [2.05, 4.69) is 23.4 Å². The van der Waals surface area contributed by atoms with Gasteiger partial charge in [0.05, 0.1) is 18.3 Å². The van der Waals surface area contributed by atoms with Crippen LogP contribution in [0.15, 0.2) is 18.5 Å². The van der Waals surface area contributed by atoms with Gasteiger partial charge in [0.1, 0.15) is 5.75 Å². The highest BCUT2D eigenvalue weighted by atomic mass is 16.5. The maximum Gasteiger partial charge on any atom is 0.138 e. The molecule has 20 heavy (non-hydrogen) atoms. The van der Waals surface area contributed by atoms with Gasteiger partial charge < -0.3 is 4.74 Å². The summed E-state index contributed by atoms with van der Waals surface area (Å²) in [4.78, 5) is 4.30. The average molecular weight is 277 g/mol. The van der Waals surface area contributed by atoms with Crippen molar-refractivity contribution in [3.8, 4) is 5.75 Å². The van der Waals surface area contributed by atoms with Crippen LogP contribution in [0.25, 0.3) is 0 Å². The first kappa shape index (κ1) is 15.3. The van der Waals surface area contributed by atoms with Crippen molar-refractivity contribution in [2.75, 3.05) is 0 Å². The molecular weight excluding hydrogens is 250 g/mol. The third kappa shape index (κ3) is 3.93. The predicted octanol–water partition coefficient (Wildman–Crippen LogP) is 3.20. The van der Waals surface area contributed by atoms with Crippen molar-refractivity contribution in [3.05, 3.63) is 24.0 Å². The minimum Gasteiger partial charge on any atom is -0.489 e. The monoisotopic (exact) mass is 277 g/mol. The molecule has 1 aromatic heterocycles. The number of hydrogen-bond donors (Lipinski definition) is 2. The minimum atomic E-state index is 0.158. The minimum absolute atomic E-state index is 0.158. The Hall–Kier alpha value is -1.13. The number of nitrogens with zero attached hydrogens (tertiary/aromatic N) is 1. The third-order valence-electron chi connectivity index (χ3n) is 4.09. The van der Waals surface area contributed by atoms with Crippen LogP contribution in [0.3, 0.4) is 0 Å².